The van der Waals surface area contributed by atoms with Gasteiger partial charge in [0.05, 0.1) is 0 Å². The van der Waals surface area contributed by atoms with Crippen molar-refractivity contribution in [1.82, 2.24) is 9.97 Å². The van der Waals surface area contributed by atoms with Crippen molar-refractivity contribution in [1.29, 1.82) is 0 Å². The molecule has 2 rings (SSSR count). The van der Waals surface area contributed by atoms with Crippen LogP contribution in [0.15, 0.2) is 36.5 Å². The molecule has 3 nitrogen and oxygen atoms in total. The van der Waals surface area contributed by atoms with Crippen LogP contribution in [0.5, 0.6) is 0 Å². The first kappa shape index (κ1) is 8.69. The lowest BCUT2D eigenvalue weighted by atomic mass is 10.2. The van der Waals surface area contributed by atoms with Crippen LogP contribution in [0.1, 0.15) is 5.69 Å². The first-order valence-corrected chi connectivity index (χ1v) is 4.41. The van der Waals surface area contributed by atoms with Crippen LogP contribution in [-0.4, -0.2) is 9.97 Å². The number of nitrogen functional groups attached to an aromatic ring is 1. The standard InChI is InChI=1S/C11H11N3/c1-8-5-6-13-11(14-8)9-3-2-4-10(12)7-9/h2-7H,12H2,1H3. The van der Waals surface area contributed by atoms with Gasteiger partial charge in [0.25, 0.3) is 0 Å². The second-order valence-electron chi connectivity index (χ2n) is 3.15. The molecule has 1 heterocycles. The Morgan fingerprint density at radius 1 is 1.21 bits per heavy atom. The molecule has 0 spiro atoms. The van der Waals surface area contributed by atoms with E-state index in [1.807, 2.05) is 37.3 Å². The molecule has 0 atom stereocenters. The van der Waals surface area contributed by atoms with Crippen molar-refractivity contribution in [2.75, 3.05) is 5.73 Å². The zero-order valence-corrected chi connectivity index (χ0v) is 7.94. The predicted molar refractivity (Wildman–Crippen MR) is 56.6 cm³/mol. The minimum absolute atomic E-state index is 0.720. The van der Waals surface area contributed by atoms with Crippen molar-refractivity contribution < 1.29 is 0 Å². The topological polar surface area (TPSA) is 51.8 Å². The number of anilines is 1. The van der Waals surface area contributed by atoms with Gasteiger partial charge in [0.15, 0.2) is 5.82 Å². The zero-order valence-electron chi connectivity index (χ0n) is 7.94. The highest BCUT2D eigenvalue weighted by molar-refractivity contribution is 5.60. The fraction of sp³-hybridized carbons (Fsp3) is 0.0909. The minimum Gasteiger partial charge on any atom is -0.399 e. The molecule has 0 bridgehead atoms. The Bertz CT molecular complexity index is 408. The van der Waals surface area contributed by atoms with Gasteiger partial charge in [-0.3, -0.25) is 0 Å². The fourth-order valence-electron chi connectivity index (χ4n) is 1.27. The maximum atomic E-state index is 5.68. The molecule has 0 unspecified atom stereocenters. The molecule has 0 radical (unpaired) electrons. The van der Waals surface area contributed by atoms with E-state index in [9.17, 15) is 0 Å². The van der Waals surface area contributed by atoms with Crippen molar-refractivity contribution in [3.8, 4) is 11.4 Å². The summed E-state index contributed by atoms with van der Waals surface area (Å²) in [7, 11) is 0. The van der Waals surface area contributed by atoms with E-state index in [0.29, 0.717) is 0 Å². The van der Waals surface area contributed by atoms with Crippen LogP contribution >= 0.6 is 0 Å². The van der Waals surface area contributed by atoms with Crippen LogP contribution in [0.4, 0.5) is 5.69 Å². The molecule has 1 aromatic carbocycles. The van der Waals surface area contributed by atoms with Gasteiger partial charge in [0.1, 0.15) is 0 Å². The van der Waals surface area contributed by atoms with E-state index >= 15 is 0 Å². The summed E-state index contributed by atoms with van der Waals surface area (Å²) in [5, 5.41) is 0. The number of aryl methyl sites for hydroxylation is 1. The molecule has 0 saturated carbocycles. The molecule has 0 aliphatic carbocycles. The lowest BCUT2D eigenvalue weighted by molar-refractivity contribution is 1.11. The number of hydrogen-bond acceptors (Lipinski definition) is 3. The van der Waals surface area contributed by atoms with Crippen molar-refractivity contribution in [3.05, 3.63) is 42.2 Å². The van der Waals surface area contributed by atoms with Crippen molar-refractivity contribution in [3.63, 3.8) is 0 Å². The van der Waals surface area contributed by atoms with Crippen molar-refractivity contribution in [2.24, 2.45) is 0 Å². The number of benzene rings is 1. The highest BCUT2D eigenvalue weighted by atomic mass is 14.9. The van der Waals surface area contributed by atoms with Gasteiger partial charge in [-0.2, -0.15) is 0 Å². The number of nitrogens with two attached hydrogens (primary N) is 1. The molecular weight excluding hydrogens is 174 g/mol. The van der Waals surface area contributed by atoms with E-state index < -0.39 is 0 Å². The van der Waals surface area contributed by atoms with Crippen molar-refractivity contribution >= 4 is 5.69 Å². The highest BCUT2D eigenvalue weighted by Crippen LogP contribution is 2.16. The third-order valence-electron chi connectivity index (χ3n) is 1.94. The summed E-state index contributed by atoms with van der Waals surface area (Å²) in [4.78, 5) is 8.50. The first-order valence-electron chi connectivity index (χ1n) is 4.41. The summed E-state index contributed by atoms with van der Waals surface area (Å²) in [5.74, 6) is 0.720. The van der Waals surface area contributed by atoms with Gasteiger partial charge in [-0.1, -0.05) is 12.1 Å². The highest BCUT2D eigenvalue weighted by Gasteiger charge is 2.00. The summed E-state index contributed by atoms with van der Waals surface area (Å²) in [6, 6.07) is 9.44. The molecule has 3 heteroatoms. The average Bonchev–Trinajstić information content (AvgIpc) is 2.18. The maximum Gasteiger partial charge on any atom is 0.159 e. The Labute approximate surface area is 82.6 Å². The minimum atomic E-state index is 0.720. The van der Waals surface area contributed by atoms with E-state index in [1.54, 1.807) is 6.20 Å². The molecule has 70 valence electrons. The van der Waals surface area contributed by atoms with Gasteiger partial charge < -0.3 is 5.73 Å². The van der Waals surface area contributed by atoms with Gasteiger partial charge in [-0.15, -0.1) is 0 Å². The van der Waals surface area contributed by atoms with Gasteiger partial charge in [0, 0.05) is 23.1 Å². The summed E-state index contributed by atoms with van der Waals surface area (Å²) in [6.07, 6.45) is 1.75. The Morgan fingerprint density at radius 3 is 2.79 bits per heavy atom. The van der Waals surface area contributed by atoms with Gasteiger partial charge in [-0.05, 0) is 25.1 Å². The molecule has 0 fully saturated rings. The Morgan fingerprint density at radius 2 is 2.07 bits per heavy atom. The molecule has 0 amide bonds. The number of aromatic nitrogens is 2. The molecular formula is C11H11N3. The molecule has 2 N–H and O–H groups in total. The Kier molecular flexibility index (Phi) is 2.14. The third-order valence-corrected chi connectivity index (χ3v) is 1.94. The van der Waals surface area contributed by atoms with E-state index in [0.717, 1.165) is 22.8 Å². The van der Waals surface area contributed by atoms with E-state index in [-0.39, 0.29) is 0 Å². The van der Waals surface area contributed by atoms with Crippen LogP contribution in [-0.2, 0) is 0 Å². The van der Waals surface area contributed by atoms with Crippen LogP contribution in [0.3, 0.4) is 0 Å². The second-order valence-corrected chi connectivity index (χ2v) is 3.15. The zero-order chi connectivity index (χ0) is 9.97. The lowest BCUT2D eigenvalue weighted by Crippen LogP contribution is -1.91. The Balaban J connectivity index is 2.49. The summed E-state index contributed by atoms with van der Waals surface area (Å²) in [5.41, 5.74) is 8.32. The SMILES string of the molecule is Cc1ccnc(-c2cccc(N)c2)n1. The second kappa shape index (κ2) is 3.46. The molecule has 0 aliphatic rings. The predicted octanol–water partition coefficient (Wildman–Crippen LogP) is 2.03. The first-order chi connectivity index (χ1) is 6.75. The molecule has 2 aromatic rings. The average molecular weight is 185 g/mol. The van der Waals surface area contributed by atoms with Crippen LogP contribution in [0.2, 0.25) is 0 Å². The van der Waals surface area contributed by atoms with Gasteiger partial charge in [-0.25, -0.2) is 9.97 Å². The summed E-state index contributed by atoms with van der Waals surface area (Å²) >= 11 is 0. The summed E-state index contributed by atoms with van der Waals surface area (Å²) < 4.78 is 0. The third kappa shape index (κ3) is 1.71. The normalized spacial score (nSPS) is 10.1. The van der Waals surface area contributed by atoms with Crippen molar-refractivity contribution in [2.45, 2.75) is 6.92 Å². The molecule has 14 heavy (non-hydrogen) atoms. The van der Waals surface area contributed by atoms with E-state index in [2.05, 4.69) is 9.97 Å². The molecule has 0 aliphatic heterocycles. The fourth-order valence-corrected chi connectivity index (χ4v) is 1.27. The quantitative estimate of drug-likeness (QED) is 0.691. The largest absolute Gasteiger partial charge is 0.399 e. The number of nitrogens with zero attached hydrogens (tertiary/aromatic N) is 2. The maximum absolute atomic E-state index is 5.68. The Hall–Kier alpha value is -1.90. The molecule has 1 aromatic heterocycles. The summed E-state index contributed by atoms with van der Waals surface area (Å²) in [6.45, 7) is 1.94. The lowest BCUT2D eigenvalue weighted by Gasteiger charge is -2.01. The van der Waals surface area contributed by atoms with Crippen LogP contribution in [0, 0.1) is 6.92 Å². The van der Waals surface area contributed by atoms with Crippen LogP contribution in [0.25, 0.3) is 11.4 Å². The van der Waals surface area contributed by atoms with E-state index in [1.165, 1.54) is 0 Å². The monoisotopic (exact) mass is 185 g/mol. The van der Waals surface area contributed by atoms with E-state index in [4.69, 9.17) is 5.73 Å². The van der Waals surface area contributed by atoms with Gasteiger partial charge >= 0.3 is 0 Å². The number of rotatable bonds is 1. The number of hydrogen-bond donors (Lipinski definition) is 1. The molecule has 0 saturated heterocycles. The van der Waals surface area contributed by atoms with Gasteiger partial charge in [0.2, 0.25) is 0 Å². The van der Waals surface area contributed by atoms with Crippen LogP contribution < -0.4 is 5.73 Å². The smallest absolute Gasteiger partial charge is 0.159 e.